The minimum atomic E-state index is 0.357. The first-order chi connectivity index (χ1) is 9.50. The molecule has 1 unspecified atom stereocenters. The number of hydrogen-bond acceptors (Lipinski definition) is 2. The molecule has 2 heteroatoms. The van der Waals surface area contributed by atoms with Gasteiger partial charge in [-0.1, -0.05) is 38.1 Å². The molecule has 1 N–H and O–H groups in total. The Hall–Kier alpha value is -0.860. The summed E-state index contributed by atoms with van der Waals surface area (Å²) in [7, 11) is 4.29. The van der Waals surface area contributed by atoms with Gasteiger partial charge in [-0.05, 0) is 69.4 Å². The zero-order valence-electron chi connectivity index (χ0n) is 13.6. The second kappa shape index (κ2) is 6.73. The van der Waals surface area contributed by atoms with Gasteiger partial charge in [-0.3, -0.25) is 0 Å². The molecule has 2 rings (SSSR count). The Morgan fingerprint density at radius 3 is 2.70 bits per heavy atom. The molecule has 0 aromatic heterocycles. The van der Waals surface area contributed by atoms with Crippen LogP contribution in [0.2, 0.25) is 0 Å². The molecule has 2 nitrogen and oxygen atoms in total. The van der Waals surface area contributed by atoms with Gasteiger partial charge in [-0.2, -0.15) is 0 Å². The molecule has 112 valence electrons. The number of unbranched alkanes of at least 4 members (excludes halogenated alkanes) is 1. The fraction of sp³-hybridized carbons (Fsp3) is 0.667. The van der Waals surface area contributed by atoms with Gasteiger partial charge >= 0.3 is 0 Å². The highest BCUT2D eigenvalue weighted by molar-refractivity contribution is 5.34. The molecule has 1 atom stereocenters. The van der Waals surface area contributed by atoms with Crippen LogP contribution in [-0.4, -0.2) is 32.1 Å². The van der Waals surface area contributed by atoms with Gasteiger partial charge < -0.3 is 10.2 Å². The average Bonchev–Trinajstić information content (AvgIpc) is 2.40. The van der Waals surface area contributed by atoms with E-state index in [1.807, 2.05) is 0 Å². The van der Waals surface area contributed by atoms with Gasteiger partial charge in [0.25, 0.3) is 0 Å². The van der Waals surface area contributed by atoms with E-state index in [0.29, 0.717) is 11.5 Å². The van der Waals surface area contributed by atoms with E-state index in [2.05, 4.69) is 62.4 Å². The summed E-state index contributed by atoms with van der Waals surface area (Å²) in [6, 6.07) is 9.47. The molecular weight excluding hydrogens is 244 g/mol. The zero-order chi connectivity index (χ0) is 14.6. The van der Waals surface area contributed by atoms with Crippen LogP contribution in [0.4, 0.5) is 0 Å². The molecule has 0 fully saturated rings. The standard InChI is InChI=1S/C18H30N2/c1-18(2)12-11-15-9-5-6-10-16(15)17(18)19-13-7-8-14-20(3)4/h5-6,9-10,17,19H,7-8,11-14H2,1-4H3. The molecule has 20 heavy (non-hydrogen) atoms. The van der Waals surface area contributed by atoms with Crippen molar-refractivity contribution in [2.45, 2.75) is 45.6 Å². The zero-order valence-corrected chi connectivity index (χ0v) is 13.6. The van der Waals surface area contributed by atoms with Crippen LogP contribution in [0, 0.1) is 5.41 Å². The summed E-state index contributed by atoms with van der Waals surface area (Å²) in [5.41, 5.74) is 3.42. The highest BCUT2D eigenvalue weighted by Gasteiger charge is 2.34. The highest BCUT2D eigenvalue weighted by atomic mass is 15.0. The minimum Gasteiger partial charge on any atom is -0.309 e. The Morgan fingerprint density at radius 1 is 1.20 bits per heavy atom. The van der Waals surface area contributed by atoms with E-state index in [4.69, 9.17) is 0 Å². The van der Waals surface area contributed by atoms with Crippen LogP contribution in [0.1, 0.15) is 50.3 Å². The van der Waals surface area contributed by atoms with E-state index in [-0.39, 0.29) is 0 Å². The van der Waals surface area contributed by atoms with Gasteiger partial charge in [0, 0.05) is 6.04 Å². The van der Waals surface area contributed by atoms with Crippen molar-refractivity contribution >= 4 is 0 Å². The Morgan fingerprint density at radius 2 is 1.95 bits per heavy atom. The maximum Gasteiger partial charge on any atom is 0.0374 e. The summed E-state index contributed by atoms with van der Waals surface area (Å²) in [4.78, 5) is 2.26. The van der Waals surface area contributed by atoms with Crippen molar-refractivity contribution in [3.63, 3.8) is 0 Å². The molecule has 0 saturated heterocycles. The summed E-state index contributed by atoms with van der Waals surface area (Å²) in [6.07, 6.45) is 5.03. The van der Waals surface area contributed by atoms with Crippen LogP contribution in [-0.2, 0) is 6.42 Å². The predicted octanol–water partition coefficient (Wildman–Crippen LogP) is 3.63. The van der Waals surface area contributed by atoms with Gasteiger partial charge in [0.15, 0.2) is 0 Å². The first kappa shape index (κ1) is 15.5. The average molecular weight is 274 g/mol. The molecule has 1 aromatic rings. The van der Waals surface area contributed by atoms with Crippen molar-refractivity contribution in [3.05, 3.63) is 35.4 Å². The number of nitrogens with one attached hydrogen (secondary N) is 1. The van der Waals surface area contributed by atoms with Crippen molar-refractivity contribution < 1.29 is 0 Å². The number of aryl methyl sites for hydroxylation is 1. The maximum atomic E-state index is 3.82. The van der Waals surface area contributed by atoms with E-state index in [9.17, 15) is 0 Å². The molecule has 0 aliphatic heterocycles. The Kier molecular flexibility index (Phi) is 5.22. The van der Waals surface area contributed by atoms with Gasteiger partial charge in [-0.15, -0.1) is 0 Å². The van der Waals surface area contributed by atoms with Crippen LogP contribution in [0.3, 0.4) is 0 Å². The van der Waals surface area contributed by atoms with Crippen molar-refractivity contribution in [2.75, 3.05) is 27.2 Å². The molecule has 1 aliphatic carbocycles. The fourth-order valence-corrected chi connectivity index (χ4v) is 3.25. The lowest BCUT2D eigenvalue weighted by Crippen LogP contribution is -2.38. The van der Waals surface area contributed by atoms with Crippen molar-refractivity contribution in [1.29, 1.82) is 0 Å². The van der Waals surface area contributed by atoms with Gasteiger partial charge in [0.1, 0.15) is 0 Å². The van der Waals surface area contributed by atoms with Crippen LogP contribution in [0.15, 0.2) is 24.3 Å². The van der Waals surface area contributed by atoms with Crippen LogP contribution >= 0.6 is 0 Å². The van der Waals surface area contributed by atoms with Crippen molar-refractivity contribution in [1.82, 2.24) is 10.2 Å². The topological polar surface area (TPSA) is 15.3 Å². The lowest BCUT2D eigenvalue weighted by molar-refractivity contribution is 0.208. The smallest absolute Gasteiger partial charge is 0.0374 e. The third-order valence-electron chi connectivity index (χ3n) is 4.57. The Bertz CT molecular complexity index is 423. The van der Waals surface area contributed by atoms with Crippen LogP contribution < -0.4 is 5.32 Å². The summed E-state index contributed by atoms with van der Waals surface area (Å²) in [6.45, 7) is 7.11. The van der Waals surface area contributed by atoms with Gasteiger partial charge in [0.2, 0.25) is 0 Å². The number of nitrogens with zero attached hydrogens (tertiary/aromatic N) is 1. The summed E-state index contributed by atoms with van der Waals surface area (Å²) < 4.78 is 0. The molecule has 0 heterocycles. The first-order valence-corrected chi connectivity index (χ1v) is 7.96. The summed E-state index contributed by atoms with van der Waals surface area (Å²) in [5.74, 6) is 0. The lowest BCUT2D eigenvalue weighted by atomic mass is 9.70. The van der Waals surface area contributed by atoms with E-state index in [1.165, 1.54) is 43.4 Å². The molecule has 0 radical (unpaired) electrons. The van der Waals surface area contributed by atoms with Gasteiger partial charge in [-0.25, -0.2) is 0 Å². The molecule has 0 saturated carbocycles. The number of rotatable bonds is 6. The van der Waals surface area contributed by atoms with Crippen molar-refractivity contribution in [3.8, 4) is 0 Å². The highest BCUT2D eigenvalue weighted by Crippen LogP contribution is 2.43. The predicted molar refractivity (Wildman–Crippen MR) is 87.1 cm³/mol. The normalized spacial score (nSPS) is 20.9. The molecule has 1 aliphatic rings. The van der Waals surface area contributed by atoms with E-state index < -0.39 is 0 Å². The molecule has 0 spiro atoms. The molecular formula is C18H30N2. The van der Waals surface area contributed by atoms with E-state index in [1.54, 1.807) is 0 Å². The maximum absolute atomic E-state index is 3.82. The Balaban J connectivity index is 1.94. The minimum absolute atomic E-state index is 0.357. The van der Waals surface area contributed by atoms with E-state index in [0.717, 1.165) is 6.54 Å². The monoisotopic (exact) mass is 274 g/mol. The van der Waals surface area contributed by atoms with E-state index >= 15 is 0 Å². The summed E-state index contributed by atoms with van der Waals surface area (Å²) in [5, 5.41) is 3.82. The van der Waals surface area contributed by atoms with Gasteiger partial charge in [0.05, 0.1) is 0 Å². The molecule has 1 aromatic carbocycles. The molecule has 0 amide bonds. The first-order valence-electron chi connectivity index (χ1n) is 7.96. The van der Waals surface area contributed by atoms with Crippen LogP contribution in [0.5, 0.6) is 0 Å². The second-order valence-corrected chi connectivity index (χ2v) is 7.08. The number of benzene rings is 1. The second-order valence-electron chi connectivity index (χ2n) is 7.08. The molecule has 0 bridgehead atoms. The lowest BCUT2D eigenvalue weighted by Gasteiger charge is -2.40. The van der Waals surface area contributed by atoms with Crippen molar-refractivity contribution in [2.24, 2.45) is 5.41 Å². The largest absolute Gasteiger partial charge is 0.309 e. The Labute approximate surface area is 124 Å². The van der Waals surface area contributed by atoms with Crippen LogP contribution in [0.25, 0.3) is 0 Å². The SMILES string of the molecule is CN(C)CCCCNC1c2ccccc2CCC1(C)C. The number of hydrogen-bond donors (Lipinski definition) is 1. The quantitative estimate of drug-likeness (QED) is 0.797. The third kappa shape index (κ3) is 3.83. The fourth-order valence-electron chi connectivity index (χ4n) is 3.25. The third-order valence-corrected chi connectivity index (χ3v) is 4.57. The number of fused-ring (bicyclic) bond motifs is 1. The summed E-state index contributed by atoms with van der Waals surface area (Å²) >= 11 is 0.